The second kappa shape index (κ2) is 12.4. The second-order valence-corrected chi connectivity index (χ2v) is 4.98. The summed E-state index contributed by atoms with van der Waals surface area (Å²) in [6.07, 6.45) is 3.86. The third kappa shape index (κ3) is 8.12. The molecule has 0 fully saturated rings. The van der Waals surface area contributed by atoms with Crippen molar-refractivity contribution in [3.8, 4) is 0 Å². The first-order chi connectivity index (χ1) is 10.1. The molecule has 0 spiro atoms. The molecule has 21 heavy (non-hydrogen) atoms. The van der Waals surface area contributed by atoms with E-state index in [-0.39, 0.29) is 0 Å². The van der Waals surface area contributed by atoms with Crippen molar-refractivity contribution in [3.63, 3.8) is 0 Å². The lowest BCUT2D eigenvalue weighted by Gasteiger charge is -2.39. The Kier molecular flexibility index (Phi) is 12.2. The van der Waals surface area contributed by atoms with E-state index in [1.807, 2.05) is 20.8 Å². The van der Waals surface area contributed by atoms with Gasteiger partial charge in [0.1, 0.15) is 6.10 Å². The SMILES string of the molecule is CCCCCCC(OC(C)O)C(OCC)(OCC)OCC. The normalized spacial score (nSPS) is 15.1. The summed E-state index contributed by atoms with van der Waals surface area (Å²) in [7, 11) is 0. The molecular weight excluding hydrogens is 272 g/mol. The molecule has 5 nitrogen and oxygen atoms in total. The van der Waals surface area contributed by atoms with E-state index in [2.05, 4.69) is 6.92 Å². The molecule has 0 amide bonds. The van der Waals surface area contributed by atoms with Crippen molar-refractivity contribution in [1.29, 1.82) is 0 Å². The maximum absolute atomic E-state index is 9.60. The molecule has 2 atom stereocenters. The molecule has 0 aromatic heterocycles. The summed E-state index contributed by atoms with van der Waals surface area (Å²) in [6.45, 7) is 10.8. The van der Waals surface area contributed by atoms with E-state index in [0.717, 1.165) is 19.3 Å². The van der Waals surface area contributed by atoms with Crippen molar-refractivity contribution in [2.45, 2.75) is 85.1 Å². The molecular formula is C16H34O5. The Labute approximate surface area is 129 Å². The van der Waals surface area contributed by atoms with Crippen LogP contribution in [0.25, 0.3) is 0 Å². The van der Waals surface area contributed by atoms with Crippen LogP contribution in [-0.2, 0) is 18.9 Å². The number of aliphatic hydroxyl groups is 1. The van der Waals surface area contributed by atoms with Crippen LogP contribution < -0.4 is 0 Å². The monoisotopic (exact) mass is 306 g/mol. The van der Waals surface area contributed by atoms with E-state index < -0.39 is 18.4 Å². The van der Waals surface area contributed by atoms with Gasteiger partial charge in [-0.25, -0.2) is 0 Å². The summed E-state index contributed by atoms with van der Waals surface area (Å²) in [5, 5.41) is 9.60. The Hall–Kier alpha value is -0.200. The number of unbranched alkanes of at least 4 members (excludes halogenated alkanes) is 3. The second-order valence-electron chi connectivity index (χ2n) is 4.98. The predicted octanol–water partition coefficient (Wildman–Crippen LogP) is 3.44. The average molecular weight is 306 g/mol. The molecule has 0 bridgehead atoms. The first-order valence-corrected chi connectivity index (χ1v) is 8.31. The van der Waals surface area contributed by atoms with Gasteiger partial charge in [0.15, 0.2) is 6.29 Å². The summed E-state index contributed by atoms with van der Waals surface area (Å²) in [5.41, 5.74) is 0. The minimum atomic E-state index is -1.23. The zero-order valence-corrected chi connectivity index (χ0v) is 14.4. The van der Waals surface area contributed by atoms with Gasteiger partial charge in [-0.1, -0.05) is 32.6 Å². The highest BCUT2D eigenvalue weighted by molar-refractivity contribution is 4.73. The number of hydrogen-bond donors (Lipinski definition) is 1. The molecule has 1 N–H and O–H groups in total. The molecule has 128 valence electrons. The molecule has 5 heteroatoms. The maximum Gasteiger partial charge on any atom is 0.310 e. The third-order valence-electron chi connectivity index (χ3n) is 3.11. The van der Waals surface area contributed by atoms with Crippen molar-refractivity contribution in [2.75, 3.05) is 19.8 Å². The largest absolute Gasteiger partial charge is 0.368 e. The number of ether oxygens (including phenoxy) is 4. The van der Waals surface area contributed by atoms with Gasteiger partial charge in [0, 0.05) is 19.8 Å². The lowest BCUT2D eigenvalue weighted by molar-refractivity contribution is -0.424. The van der Waals surface area contributed by atoms with Crippen LogP contribution in [-0.4, -0.2) is 43.3 Å². The Morgan fingerprint density at radius 1 is 0.857 bits per heavy atom. The highest BCUT2D eigenvalue weighted by Crippen LogP contribution is 2.28. The van der Waals surface area contributed by atoms with Gasteiger partial charge in [-0.3, -0.25) is 0 Å². The summed E-state index contributed by atoms with van der Waals surface area (Å²) < 4.78 is 22.9. The van der Waals surface area contributed by atoms with Gasteiger partial charge >= 0.3 is 5.97 Å². The topological polar surface area (TPSA) is 57.2 Å². The van der Waals surface area contributed by atoms with E-state index >= 15 is 0 Å². The number of rotatable bonds is 14. The van der Waals surface area contributed by atoms with Gasteiger partial charge in [0.05, 0.1) is 0 Å². The van der Waals surface area contributed by atoms with E-state index in [1.54, 1.807) is 6.92 Å². The highest BCUT2D eigenvalue weighted by atomic mass is 16.9. The molecule has 0 rings (SSSR count). The van der Waals surface area contributed by atoms with Crippen LogP contribution in [0.3, 0.4) is 0 Å². The minimum Gasteiger partial charge on any atom is -0.368 e. The van der Waals surface area contributed by atoms with E-state index in [1.165, 1.54) is 12.8 Å². The van der Waals surface area contributed by atoms with Crippen LogP contribution >= 0.6 is 0 Å². The zero-order chi connectivity index (χ0) is 16.1. The molecule has 0 saturated heterocycles. The first-order valence-electron chi connectivity index (χ1n) is 8.31. The van der Waals surface area contributed by atoms with Gasteiger partial charge in [-0.05, 0) is 34.1 Å². The van der Waals surface area contributed by atoms with E-state index in [9.17, 15) is 5.11 Å². The van der Waals surface area contributed by atoms with Gasteiger partial charge in [-0.15, -0.1) is 0 Å². The van der Waals surface area contributed by atoms with Crippen LogP contribution in [0.5, 0.6) is 0 Å². The molecule has 0 heterocycles. The Balaban J connectivity index is 4.93. The zero-order valence-electron chi connectivity index (χ0n) is 14.4. The predicted molar refractivity (Wildman–Crippen MR) is 82.9 cm³/mol. The highest BCUT2D eigenvalue weighted by Gasteiger charge is 2.43. The lowest BCUT2D eigenvalue weighted by atomic mass is 10.1. The lowest BCUT2D eigenvalue weighted by Crippen LogP contribution is -2.52. The van der Waals surface area contributed by atoms with Crippen molar-refractivity contribution in [1.82, 2.24) is 0 Å². The van der Waals surface area contributed by atoms with Gasteiger partial charge in [0.2, 0.25) is 0 Å². The fraction of sp³-hybridized carbons (Fsp3) is 1.00. The molecule has 0 radical (unpaired) electrons. The molecule has 0 aromatic rings. The van der Waals surface area contributed by atoms with Crippen molar-refractivity contribution in [2.24, 2.45) is 0 Å². The molecule has 0 aliphatic rings. The standard InChI is InChI=1S/C16H34O5/c1-6-10-11-12-13-15(21-14(5)17)16(18-7-2,19-8-3)20-9-4/h14-15,17H,6-13H2,1-5H3. The van der Waals surface area contributed by atoms with E-state index in [0.29, 0.717) is 19.8 Å². The van der Waals surface area contributed by atoms with Crippen molar-refractivity contribution in [3.05, 3.63) is 0 Å². The maximum atomic E-state index is 9.60. The Bertz CT molecular complexity index is 216. The fourth-order valence-corrected chi connectivity index (χ4v) is 2.33. The Morgan fingerprint density at radius 3 is 1.76 bits per heavy atom. The molecule has 0 aliphatic carbocycles. The first kappa shape index (κ1) is 20.8. The van der Waals surface area contributed by atoms with Crippen molar-refractivity contribution < 1.29 is 24.1 Å². The fourth-order valence-electron chi connectivity index (χ4n) is 2.33. The summed E-state index contributed by atoms with van der Waals surface area (Å²) >= 11 is 0. The van der Waals surface area contributed by atoms with Gasteiger partial charge < -0.3 is 24.1 Å². The average Bonchev–Trinajstić information content (AvgIpc) is 2.42. The molecule has 0 aromatic carbocycles. The quantitative estimate of drug-likeness (QED) is 0.393. The van der Waals surface area contributed by atoms with Gasteiger partial charge in [0.25, 0.3) is 0 Å². The molecule has 0 aliphatic heterocycles. The van der Waals surface area contributed by atoms with Crippen LogP contribution in [0.2, 0.25) is 0 Å². The van der Waals surface area contributed by atoms with Crippen molar-refractivity contribution >= 4 is 0 Å². The summed E-state index contributed by atoms with van der Waals surface area (Å²) in [4.78, 5) is 0. The number of aliphatic hydroxyl groups excluding tert-OH is 1. The van der Waals surface area contributed by atoms with Crippen LogP contribution in [0, 0.1) is 0 Å². The molecule has 0 saturated carbocycles. The van der Waals surface area contributed by atoms with Crippen LogP contribution in [0.1, 0.15) is 66.7 Å². The van der Waals surface area contributed by atoms with E-state index in [4.69, 9.17) is 18.9 Å². The summed E-state index contributed by atoms with van der Waals surface area (Å²) in [6, 6.07) is 0. The summed E-state index contributed by atoms with van der Waals surface area (Å²) in [5.74, 6) is -1.23. The Morgan fingerprint density at radius 2 is 1.38 bits per heavy atom. The van der Waals surface area contributed by atoms with Crippen LogP contribution in [0.15, 0.2) is 0 Å². The smallest absolute Gasteiger partial charge is 0.310 e. The third-order valence-corrected chi connectivity index (χ3v) is 3.11. The minimum absolute atomic E-state index is 0.450. The van der Waals surface area contributed by atoms with Gasteiger partial charge in [-0.2, -0.15) is 0 Å². The molecule has 2 unspecified atom stereocenters. The number of hydrogen-bond acceptors (Lipinski definition) is 5. The van der Waals surface area contributed by atoms with Crippen LogP contribution in [0.4, 0.5) is 0 Å².